The first-order valence-electron chi connectivity index (χ1n) is 1.46. The van der Waals surface area contributed by atoms with Crippen LogP contribution in [0.5, 0.6) is 0 Å². The number of hydrogen-bond acceptors (Lipinski definition) is 8. The normalized spacial score (nSPS) is 9.83. The Bertz CT molecular complexity index is 127. The summed E-state index contributed by atoms with van der Waals surface area (Å²) in [6.45, 7) is 0. The second-order valence-electron chi connectivity index (χ2n) is 0.894. The summed E-state index contributed by atoms with van der Waals surface area (Å²) in [5, 5.41) is 0. The van der Waals surface area contributed by atoms with Crippen LogP contribution in [0.4, 0.5) is 0 Å². The Morgan fingerprint density at radius 1 is 0.583 bits per heavy atom. The minimum absolute atomic E-state index is 0. The fourth-order valence-corrected chi connectivity index (χ4v) is 0. The molecule has 0 aliphatic carbocycles. The molecule has 0 N–H and O–H groups in total. The smallest absolute Gasteiger partial charge is 0.822 e. The van der Waals surface area contributed by atoms with Crippen molar-refractivity contribution in [1.82, 2.24) is 0 Å². The average Bonchev–Trinajstić information content (AvgIpc) is 1.12. The maximum atomic E-state index is 8.55. The van der Waals surface area contributed by atoms with Crippen LogP contribution in [0, 0.1) is 0 Å². The van der Waals surface area contributed by atoms with Crippen LogP contribution in [-0.2, 0) is 9.13 Å². The van der Waals surface area contributed by atoms with Crippen molar-refractivity contribution in [3.63, 3.8) is 0 Å². The first-order chi connectivity index (χ1) is 4.00. The molecule has 0 aromatic carbocycles. The van der Waals surface area contributed by atoms with Crippen molar-refractivity contribution in [3.8, 4) is 0 Å². The Morgan fingerprint density at radius 2 is 0.583 bits per heavy atom. The third-order valence-electron chi connectivity index (χ3n) is 0. The molecule has 0 rings (SSSR count). The van der Waals surface area contributed by atoms with E-state index in [9.17, 15) is 0 Å². The average molecular weight is 270 g/mol. The van der Waals surface area contributed by atoms with Crippen molar-refractivity contribution in [1.29, 1.82) is 0 Å². The van der Waals surface area contributed by atoms with Crippen molar-refractivity contribution >= 4 is 91.1 Å². The van der Waals surface area contributed by atoms with Crippen LogP contribution in [-0.4, -0.2) is 75.5 Å². The fraction of sp³-hybridized carbons (Fsp3) is 0. The molecule has 0 saturated carbocycles. The summed E-state index contributed by atoms with van der Waals surface area (Å²) in [5.41, 5.74) is 0. The van der Waals surface area contributed by atoms with E-state index in [1.165, 1.54) is 0 Å². The summed E-state index contributed by atoms with van der Waals surface area (Å²) in [6, 6.07) is 0. The molecule has 0 bridgehead atoms. The Kier molecular flexibility index (Phi) is 20.6. The van der Waals surface area contributed by atoms with Crippen LogP contribution in [0.2, 0.25) is 0 Å². The number of hydrogen-bond donors (Lipinski definition) is 0. The van der Waals surface area contributed by atoms with E-state index in [4.69, 9.17) is 38.5 Å². The fourth-order valence-electron chi connectivity index (χ4n) is 0. The van der Waals surface area contributed by atoms with E-state index in [0.29, 0.717) is 0 Å². The monoisotopic (exact) mass is 270 g/mol. The molecule has 0 saturated heterocycles. The molecule has 12 heavy (non-hydrogen) atoms. The Morgan fingerprint density at radius 3 is 0.583 bits per heavy atom. The van der Waals surface area contributed by atoms with E-state index in [1.807, 2.05) is 0 Å². The number of phosphoric acid groups is 2. The molecular weight excluding hydrogens is 270 g/mol. The van der Waals surface area contributed by atoms with Crippen LogP contribution >= 0.6 is 15.6 Å². The van der Waals surface area contributed by atoms with Gasteiger partial charge in [-0.2, -0.15) is 15.6 Å². The van der Waals surface area contributed by atoms with Gasteiger partial charge >= 0.3 is 75.5 Å². The molecule has 0 unspecified atom stereocenters. The predicted octanol–water partition coefficient (Wildman–Crippen LogP) is -6.41. The zero-order valence-corrected chi connectivity index (χ0v) is 11.8. The molecule has 0 fully saturated rings. The summed E-state index contributed by atoms with van der Waals surface area (Å²) in [7, 11) is -10.8. The molecule has 0 aromatic heterocycles. The number of rotatable bonds is 0. The van der Waals surface area contributed by atoms with Crippen molar-refractivity contribution in [3.05, 3.63) is 0 Å². The second-order valence-corrected chi connectivity index (χ2v) is 2.68. The van der Waals surface area contributed by atoms with Gasteiger partial charge in [-0.3, -0.25) is 0 Å². The van der Waals surface area contributed by atoms with Crippen LogP contribution < -0.4 is 29.4 Å². The minimum atomic E-state index is -5.39. The van der Waals surface area contributed by atoms with Gasteiger partial charge in [0, 0.05) is 0 Å². The van der Waals surface area contributed by atoms with Crippen molar-refractivity contribution in [2.45, 2.75) is 0 Å². The van der Waals surface area contributed by atoms with Crippen LogP contribution in [0.25, 0.3) is 0 Å². The van der Waals surface area contributed by atoms with E-state index in [1.54, 1.807) is 0 Å². The summed E-state index contributed by atoms with van der Waals surface area (Å²) in [5.74, 6) is 0. The molecular formula is Ca2O8P2-2. The van der Waals surface area contributed by atoms with Gasteiger partial charge in [0.25, 0.3) is 0 Å². The Hall–Kier alpha value is 2.74. The van der Waals surface area contributed by atoms with Gasteiger partial charge in [-0.25, -0.2) is 0 Å². The first-order valence-corrected chi connectivity index (χ1v) is 4.38. The van der Waals surface area contributed by atoms with Crippen LogP contribution in [0.1, 0.15) is 0 Å². The quantitative estimate of drug-likeness (QED) is 0.308. The van der Waals surface area contributed by atoms with Gasteiger partial charge < -0.3 is 38.5 Å². The predicted molar refractivity (Wildman–Crippen MR) is 26.7 cm³/mol. The van der Waals surface area contributed by atoms with Gasteiger partial charge in [0.1, 0.15) is 0 Å². The molecule has 0 atom stereocenters. The molecule has 0 spiro atoms. The van der Waals surface area contributed by atoms with Crippen molar-refractivity contribution < 1.29 is 38.5 Å². The van der Waals surface area contributed by atoms with Gasteiger partial charge in [0.15, 0.2) is 0 Å². The van der Waals surface area contributed by atoms with Crippen molar-refractivity contribution in [2.24, 2.45) is 0 Å². The maximum absolute atomic E-state index is 8.55. The van der Waals surface area contributed by atoms with Gasteiger partial charge in [-0.1, -0.05) is 0 Å². The Labute approximate surface area is 127 Å². The molecule has 0 amide bonds. The molecule has 0 aromatic rings. The Balaban J connectivity index is -0.0000000457. The standard InChI is InChI=1S/2Ca.2H3O4P/c;;2*1-5(2,3)4/h;;2*(H3,1,2,3,4)/q2*+2;;/p-6. The molecule has 0 aliphatic rings. The SMILES string of the molecule is O=P([O-])([O-])[O-].O=P([O-])([O-])[O-].[Ca+2].[Ca+2]. The first kappa shape index (κ1) is 24.1. The summed E-state index contributed by atoms with van der Waals surface area (Å²) >= 11 is 0. The molecule has 0 aliphatic heterocycles. The summed E-state index contributed by atoms with van der Waals surface area (Å²) in [6.07, 6.45) is 0. The second kappa shape index (κ2) is 10.3. The molecule has 64 valence electrons. The van der Waals surface area contributed by atoms with E-state index < -0.39 is 15.6 Å². The summed E-state index contributed by atoms with van der Waals surface area (Å²) in [4.78, 5) is 51.3. The summed E-state index contributed by atoms with van der Waals surface area (Å²) < 4.78 is 17.1. The zero-order chi connectivity index (χ0) is 9.00. The van der Waals surface area contributed by atoms with E-state index in [2.05, 4.69) is 0 Å². The molecule has 8 nitrogen and oxygen atoms in total. The molecule has 0 heterocycles. The van der Waals surface area contributed by atoms with Crippen LogP contribution in [0.15, 0.2) is 0 Å². The molecule has 0 radical (unpaired) electrons. The molecule has 12 heteroatoms. The largest absolute Gasteiger partial charge is 2.00 e. The van der Waals surface area contributed by atoms with E-state index >= 15 is 0 Å². The van der Waals surface area contributed by atoms with Gasteiger partial charge in [0.2, 0.25) is 0 Å². The van der Waals surface area contributed by atoms with Crippen molar-refractivity contribution in [2.75, 3.05) is 0 Å². The van der Waals surface area contributed by atoms with Gasteiger partial charge in [0.05, 0.1) is 0 Å². The minimum Gasteiger partial charge on any atom is -0.822 e. The van der Waals surface area contributed by atoms with Gasteiger partial charge in [-0.05, 0) is 0 Å². The zero-order valence-electron chi connectivity index (χ0n) is 5.57. The topological polar surface area (TPSA) is 172 Å². The van der Waals surface area contributed by atoms with E-state index in [0.717, 1.165) is 0 Å². The van der Waals surface area contributed by atoms with Gasteiger partial charge in [-0.15, -0.1) is 0 Å². The maximum Gasteiger partial charge on any atom is 2.00 e. The van der Waals surface area contributed by atoms with E-state index in [-0.39, 0.29) is 75.5 Å². The van der Waals surface area contributed by atoms with Crippen LogP contribution in [0.3, 0.4) is 0 Å². The third kappa shape index (κ3) is 234. The third-order valence-corrected chi connectivity index (χ3v) is 0.